The highest BCUT2D eigenvalue weighted by atomic mass is 35.5. The van der Waals surface area contributed by atoms with Crippen molar-refractivity contribution >= 4 is 11.6 Å². The molecule has 1 atom stereocenters. The number of hydrogen-bond donors (Lipinski definition) is 1. The second-order valence-electron chi connectivity index (χ2n) is 2.57. The van der Waals surface area contributed by atoms with Gasteiger partial charge in [0.2, 0.25) is 0 Å². The van der Waals surface area contributed by atoms with Gasteiger partial charge in [-0.15, -0.1) is 0 Å². The first-order valence-electron chi connectivity index (χ1n) is 3.75. The van der Waals surface area contributed by atoms with E-state index in [4.69, 9.17) is 21.4 Å². The first kappa shape index (κ1) is 9.36. The minimum absolute atomic E-state index is 0.00646. The van der Waals surface area contributed by atoms with Crippen LogP contribution in [0.25, 0.3) is 0 Å². The highest BCUT2D eigenvalue weighted by molar-refractivity contribution is 6.30. The lowest BCUT2D eigenvalue weighted by Crippen LogP contribution is -2.15. The molecule has 1 rings (SSSR count). The highest BCUT2D eigenvalue weighted by Gasteiger charge is 2.01. The lowest BCUT2D eigenvalue weighted by Gasteiger charge is -2.11. The molecular formula is C9H11ClO2. The van der Waals surface area contributed by atoms with E-state index in [0.29, 0.717) is 10.8 Å². The molecule has 0 amide bonds. The lowest BCUT2D eigenvalue weighted by molar-refractivity contribution is 0.130. The van der Waals surface area contributed by atoms with Crippen molar-refractivity contribution in [2.45, 2.75) is 13.0 Å². The molecule has 1 N–H and O–H groups in total. The molecule has 0 spiro atoms. The Bertz CT molecular complexity index is 250. The summed E-state index contributed by atoms with van der Waals surface area (Å²) in [6, 6.07) is 7.10. The van der Waals surface area contributed by atoms with E-state index >= 15 is 0 Å². The molecule has 0 aliphatic rings. The molecule has 2 nitrogen and oxygen atoms in total. The van der Waals surface area contributed by atoms with Gasteiger partial charge in [-0.3, -0.25) is 0 Å². The zero-order valence-corrected chi connectivity index (χ0v) is 7.58. The van der Waals surface area contributed by atoms with Gasteiger partial charge in [-0.25, -0.2) is 0 Å². The van der Waals surface area contributed by atoms with Crippen LogP contribution in [0.1, 0.15) is 6.92 Å². The molecule has 12 heavy (non-hydrogen) atoms. The van der Waals surface area contributed by atoms with Crippen LogP contribution in [0.3, 0.4) is 0 Å². The molecule has 66 valence electrons. The molecule has 0 aromatic heterocycles. The van der Waals surface area contributed by atoms with E-state index in [-0.39, 0.29) is 12.7 Å². The van der Waals surface area contributed by atoms with Crippen LogP contribution in [0.5, 0.6) is 5.75 Å². The third-order valence-corrected chi connectivity index (χ3v) is 1.63. The molecule has 0 aliphatic heterocycles. The van der Waals surface area contributed by atoms with Crippen molar-refractivity contribution in [2.75, 3.05) is 6.61 Å². The Labute approximate surface area is 76.7 Å². The van der Waals surface area contributed by atoms with Gasteiger partial charge >= 0.3 is 0 Å². The van der Waals surface area contributed by atoms with Crippen molar-refractivity contribution in [3.8, 4) is 5.75 Å². The van der Waals surface area contributed by atoms with E-state index in [1.807, 2.05) is 6.07 Å². The molecule has 0 aliphatic carbocycles. The number of benzene rings is 1. The smallest absolute Gasteiger partial charge is 0.121 e. The van der Waals surface area contributed by atoms with Crippen LogP contribution in [-0.4, -0.2) is 17.8 Å². The molecule has 1 aromatic carbocycles. The normalized spacial score (nSPS) is 12.6. The fourth-order valence-electron chi connectivity index (χ4n) is 0.810. The van der Waals surface area contributed by atoms with Gasteiger partial charge in [0, 0.05) is 5.02 Å². The van der Waals surface area contributed by atoms with Crippen molar-refractivity contribution in [1.82, 2.24) is 0 Å². The minimum Gasteiger partial charge on any atom is -0.488 e. The van der Waals surface area contributed by atoms with E-state index in [1.165, 1.54) is 0 Å². The molecule has 0 heterocycles. The standard InChI is InChI=1S/C9H11ClO2/c1-7(6-11)12-9-4-2-3-8(10)5-9/h2-5,7,11H,6H2,1H3/t7-/m1/s1. The van der Waals surface area contributed by atoms with Gasteiger partial charge in [0.05, 0.1) is 6.61 Å². The Balaban J connectivity index is 2.63. The van der Waals surface area contributed by atoms with Gasteiger partial charge in [0.25, 0.3) is 0 Å². The second kappa shape index (κ2) is 4.33. The van der Waals surface area contributed by atoms with Crippen LogP contribution in [0.2, 0.25) is 5.02 Å². The Hall–Kier alpha value is -0.730. The topological polar surface area (TPSA) is 29.5 Å². The van der Waals surface area contributed by atoms with Crippen LogP contribution in [0, 0.1) is 0 Å². The van der Waals surface area contributed by atoms with Crippen molar-refractivity contribution in [3.05, 3.63) is 29.3 Å². The minimum atomic E-state index is -0.191. The molecule has 0 saturated carbocycles. The zero-order valence-electron chi connectivity index (χ0n) is 6.83. The van der Waals surface area contributed by atoms with Crippen LogP contribution >= 0.6 is 11.6 Å². The van der Waals surface area contributed by atoms with Crippen molar-refractivity contribution < 1.29 is 9.84 Å². The first-order chi connectivity index (χ1) is 5.72. The highest BCUT2D eigenvalue weighted by Crippen LogP contribution is 2.17. The SMILES string of the molecule is C[C@H](CO)Oc1cccc(Cl)c1. The summed E-state index contributed by atoms with van der Waals surface area (Å²) in [6.07, 6.45) is -0.191. The predicted octanol–water partition coefficient (Wildman–Crippen LogP) is 2.10. The fourth-order valence-corrected chi connectivity index (χ4v) is 0.990. The Morgan fingerprint density at radius 1 is 1.58 bits per heavy atom. The van der Waals surface area contributed by atoms with Crippen LogP contribution < -0.4 is 4.74 Å². The molecule has 0 bridgehead atoms. The number of halogens is 1. The quantitative estimate of drug-likeness (QED) is 0.784. The summed E-state index contributed by atoms with van der Waals surface area (Å²) >= 11 is 5.73. The monoisotopic (exact) mass is 186 g/mol. The van der Waals surface area contributed by atoms with E-state index in [9.17, 15) is 0 Å². The molecule has 0 radical (unpaired) electrons. The molecule has 0 fully saturated rings. The molecule has 0 saturated heterocycles. The fraction of sp³-hybridized carbons (Fsp3) is 0.333. The number of aliphatic hydroxyl groups is 1. The number of ether oxygens (including phenoxy) is 1. The summed E-state index contributed by atoms with van der Waals surface area (Å²) in [7, 11) is 0. The molecule has 0 unspecified atom stereocenters. The lowest BCUT2D eigenvalue weighted by atomic mass is 10.3. The van der Waals surface area contributed by atoms with Crippen molar-refractivity contribution in [1.29, 1.82) is 0 Å². The maximum Gasteiger partial charge on any atom is 0.121 e. The maximum atomic E-state index is 8.71. The molecular weight excluding hydrogens is 176 g/mol. The molecule has 1 aromatic rings. The Kier molecular flexibility index (Phi) is 3.38. The number of rotatable bonds is 3. The Morgan fingerprint density at radius 3 is 2.92 bits per heavy atom. The number of aliphatic hydroxyl groups excluding tert-OH is 1. The van der Waals surface area contributed by atoms with E-state index in [0.717, 1.165) is 0 Å². The van der Waals surface area contributed by atoms with Gasteiger partial charge in [0.15, 0.2) is 0 Å². The van der Waals surface area contributed by atoms with Gasteiger partial charge in [0.1, 0.15) is 11.9 Å². The van der Waals surface area contributed by atoms with E-state index in [1.54, 1.807) is 25.1 Å². The molecule has 3 heteroatoms. The van der Waals surface area contributed by atoms with Gasteiger partial charge in [-0.1, -0.05) is 17.7 Å². The van der Waals surface area contributed by atoms with Crippen LogP contribution in [-0.2, 0) is 0 Å². The van der Waals surface area contributed by atoms with Crippen LogP contribution in [0.4, 0.5) is 0 Å². The average molecular weight is 187 g/mol. The predicted molar refractivity (Wildman–Crippen MR) is 48.6 cm³/mol. The van der Waals surface area contributed by atoms with E-state index in [2.05, 4.69) is 0 Å². The first-order valence-corrected chi connectivity index (χ1v) is 4.13. The second-order valence-corrected chi connectivity index (χ2v) is 3.00. The van der Waals surface area contributed by atoms with Gasteiger partial charge < -0.3 is 9.84 Å². The van der Waals surface area contributed by atoms with Crippen LogP contribution in [0.15, 0.2) is 24.3 Å². The third-order valence-electron chi connectivity index (χ3n) is 1.39. The van der Waals surface area contributed by atoms with Gasteiger partial charge in [-0.05, 0) is 25.1 Å². The summed E-state index contributed by atoms with van der Waals surface area (Å²) < 4.78 is 5.31. The van der Waals surface area contributed by atoms with Crippen molar-refractivity contribution in [3.63, 3.8) is 0 Å². The summed E-state index contributed by atoms with van der Waals surface area (Å²) in [6.45, 7) is 1.80. The Morgan fingerprint density at radius 2 is 2.33 bits per heavy atom. The van der Waals surface area contributed by atoms with Crippen molar-refractivity contribution in [2.24, 2.45) is 0 Å². The third kappa shape index (κ3) is 2.72. The van der Waals surface area contributed by atoms with E-state index < -0.39 is 0 Å². The summed E-state index contributed by atoms with van der Waals surface area (Å²) in [5, 5.41) is 9.34. The summed E-state index contributed by atoms with van der Waals surface area (Å²) in [5.74, 6) is 0.684. The largest absolute Gasteiger partial charge is 0.488 e. The summed E-state index contributed by atoms with van der Waals surface area (Å²) in [5.41, 5.74) is 0. The van der Waals surface area contributed by atoms with Gasteiger partial charge in [-0.2, -0.15) is 0 Å². The zero-order chi connectivity index (χ0) is 8.97. The maximum absolute atomic E-state index is 8.71. The average Bonchev–Trinajstić information content (AvgIpc) is 2.04. The summed E-state index contributed by atoms with van der Waals surface area (Å²) in [4.78, 5) is 0. The number of hydrogen-bond acceptors (Lipinski definition) is 2.